The predicted octanol–water partition coefficient (Wildman–Crippen LogP) is 3.48. The fraction of sp³-hybridized carbons (Fsp3) is 0.500. The van der Waals surface area contributed by atoms with E-state index in [0.29, 0.717) is 5.02 Å². The Morgan fingerprint density at radius 1 is 1.39 bits per heavy atom. The van der Waals surface area contributed by atoms with E-state index in [-0.39, 0.29) is 11.3 Å². The third-order valence-corrected chi connectivity index (χ3v) is 5.74. The van der Waals surface area contributed by atoms with Gasteiger partial charge < -0.3 is 5.32 Å². The molecule has 1 aromatic rings. The summed E-state index contributed by atoms with van der Waals surface area (Å²) in [7, 11) is -3.01. The van der Waals surface area contributed by atoms with Crippen LogP contribution in [0.1, 0.15) is 19.3 Å². The molecule has 0 bridgehead atoms. The van der Waals surface area contributed by atoms with E-state index >= 15 is 0 Å². The Balaban J connectivity index is 2.18. The lowest BCUT2D eigenvalue weighted by molar-refractivity contribution is 0.579. The van der Waals surface area contributed by atoms with Gasteiger partial charge in [0.05, 0.1) is 16.0 Å². The number of rotatable bonds is 3. The van der Waals surface area contributed by atoms with Gasteiger partial charge in [-0.25, -0.2) is 8.42 Å². The fourth-order valence-electron chi connectivity index (χ4n) is 2.41. The van der Waals surface area contributed by atoms with Gasteiger partial charge in [-0.15, -0.1) is 0 Å². The third kappa shape index (κ3) is 3.19. The zero-order chi connectivity index (χ0) is 13.3. The molecule has 1 aliphatic carbocycles. The Morgan fingerprint density at radius 3 is 2.72 bits per heavy atom. The minimum Gasteiger partial charge on any atom is -0.380 e. The first kappa shape index (κ1) is 14.2. The van der Waals surface area contributed by atoms with Crippen molar-refractivity contribution in [1.29, 1.82) is 0 Å². The monoisotopic (exact) mass is 351 g/mol. The molecule has 1 fully saturated rings. The number of nitrogens with one attached hydrogen (secondary N) is 1. The van der Waals surface area contributed by atoms with Crippen molar-refractivity contribution in [1.82, 2.24) is 0 Å². The zero-order valence-electron chi connectivity index (χ0n) is 9.99. The van der Waals surface area contributed by atoms with Gasteiger partial charge in [0.2, 0.25) is 0 Å². The van der Waals surface area contributed by atoms with Crippen molar-refractivity contribution in [3.05, 3.63) is 27.7 Å². The molecular weight excluding hydrogens is 338 g/mol. The molecule has 1 aromatic carbocycles. The van der Waals surface area contributed by atoms with Gasteiger partial charge in [-0.1, -0.05) is 27.5 Å². The Hall–Kier alpha value is -0.260. The van der Waals surface area contributed by atoms with Crippen LogP contribution in [0.25, 0.3) is 0 Å². The van der Waals surface area contributed by atoms with Crippen molar-refractivity contribution in [2.75, 3.05) is 11.6 Å². The summed E-state index contributed by atoms with van der Waals surface area (Å²) in [4.78, 5) is 0. The second-order valence-electron chi connectivity index (χ2n) is 4.67. The molecule has 6 heteroatoms. The molecular formula is C12H15BrClNO2S. The van der Waals surface area contributed by atoms with Gasteiger partial charge in [-0.05, 0) is 37.5 Å². The molecule has 0 spiro atoms. The Morgan fingerprint density at radius 2 is 2.11 bits per heavy atom. The first-order valence-electron chi connectivity index (χ1n) is 5.78. The van der Waals surface area contributed by atoms with Crippen LogP contribution >= 0.6 is 27.5 Å². The first-order valence-corrected chi connectivity index (χ1v) is 8.91. The normalized spacial score (nSPS) is 24.2. The van der Waals surface area contributed by atoms with Crippen LogP contribution in [0.5, 0.6) is 0 Å². The number of halogens is 2. The van der Waals surface area contributed by atoms with E-state index in [9.17, 15) is 8.42 Å². The van der Waals surface area contributed by atoms with Crippen LogP contribution in [0.3, 0.4) is 0 Å². The minimum absolute atomic E-state index is 0.0429. The Labute approximate surface area is 121 Å². The van der Waals surface area contributed by atoms with Crippen LogP contribution in [0.15, 0.2) is 22.7 Å². The van der Waals surface area contributed by atoms with Gasteiger partial charge in [-0.3, -0.25) is 0 Å². The second-order valence-corrected chi connectivity index (χ2v) is 8.26. The molecule has 0 aromatic heterocycles. The summed E-state index contributed by atoms with van der Waals surface area (Å²) < 4.78 is 24.3. The van der Waals surface area contributed by atoms with Crippen LogP contribution < -0.4 is 5.32 Å². The van der Waals surface area contributed by atoms with Gasteiger partial charge in [0.15, 0.2) is 9.84 Å². The summed E-state index contributed by atoms with van der Waals surface area (Å²) in [6.07, 6.45) is 3.83. The molecule has 0 heterocycles. The second kappa shape index (κ2) is 5.39. The number of hydrogen-bond acceptors (Lipinski definition) is 3. The lowest BCUT2D eigenvalue weighted by Crippen LogP contribution is -2.34. The maximum Gasteiger partial charge on any atom is 0.152 e. The van der Waals surface area contributed by atoms with E-state index in [2.05, 4.69) is 21.2 Å². The predicted molar refractivity (Wildman–Crippen MR) is 79.0 cm³/mol. The maximum absolute atomic E-state index is 11.7. The summed E-state index contributed by atoms with van der Waals surface area (Å²) in [5, 5.41) is 3.55. The molecule has 2 atom stereocenters. The van der Waals surface area contributed by atoms with Crippen molar-refractivity contribution in [2.45, 2.75) is 30.6 Å². The number of hydrogen-bond donors (Lipinski definition) is 1. The maximum atomic E-state index is 11.7. The van der Waals surface area contributed by atoms with Crippen molar-refractivity contribution < 1.29 is 8.42 Å². The quantitative estimate of drug-likeness (QED) is 0.906. The van der Waals surface area contributed by atoms with Crippen molar-refractivity contribution in [2.24, 2.45) is 0 Å². The van der Waals surface area contributed by atoms with E-state index in [0.717, 1.165) is 29.4 Å². The molecule has 3 nitrogen and oxygen atoms in total. The molecule has 1 N–H and O–H groups in total. The highest BCUT2D eigenvalue weighted by Crippen LogP contribution is 2.31. The summed E-state index contributed by atoms with van der Waals surface area (Å²) in [5.41, 5.74) is 0.792. The van der Waals surface area contributed by atoms with Crippen molar-refractivity contribution >= 4 is 43.1 Å². The number of sulfone groups is 1. The van der Waals surface area contributed by atoms with E-state index in [4.69, 9.17) is 11.6 Å². The summed E-state index contributed by atoms with van der Waals surface area (Å²) in [5.74, 6) is 0. The lowest BCUT2D eigenvalue weighted by Gasteiger charge is -2.21. The third-order valence-electron chi connectivity index (χ3n) is 3.27. The highest BCUT2D eigenvalue weighted by molar-refractivity contribution is 9.10. The van der Waals surface area contributed by atoms with Crippen molar-refractivity contribution in [3.8, 4) is 0 Å². The Kier molecular flexibility index (Phi) is 4.24. The molecule has 0 amide bonds. The number of anilines is 1. The van der Waals surface area contributed by atoms with Gasteiger partial charge >= 0.3 is 0 Å². The van der Waals surface area contributed by atoms with E-state index in [1.54, 1.807) is 6.07 Å². The van der Waals surface area contributed by atoms with E-state index < -0.39 is 9.84 Å². The van der Waals surface area contributed by atoms with Gasteiger partial charge in [0.25, 0.3) is 0 Å². The molecule has 2 rings (SSSR count). The molecule has 18 heavy (non-hydrogen) atoms. The first-order chi connectivity index (χ1) is 8.38. The molecule has 0 saturated heterocycles. The van der Waals surface area contributed by atoms with Gasteiger partial charge in [0.1, 0.15) is 0 Å². The Bertz CT molecular complexity index is 547. The lowest BCUT2D eigenvalue weighted by atomic mass is 10.2. The van der Waals surface area contributed by atoms with E-state index in [1.165, 1.54) is 6.26 Å². The highest BCUT2D eigenvalue weighted by Gasteiger charge is 2.34. The van der Waals surface area contributed by atoms with Crippen LogP contribution in [0.4, 0.5) is 5.69 Å². The summed E-state index contributed by atoms with van der Waals surface area (Å²) >= 11 is 9.47. The molecule has 0 aliphatic heterocycles. The van der Waals surface area contributed by atoms with Gasteiger partial charge in [-0.2, -0.15) is 0 Å². The standard InChI is InChI=1S/C12H15BrClNO2S/c1-18(16,17)12-4-2-3-11(12)15-10-6-5-8(13)7-9(10)14/h5-7,11-12,15H,2-4H2,1H3. The summed E-state index contributed by atoms with van der Waals surface area (Å²) in [6.45, 7) is 0. The zero-order valence-corrected chi connectivity index (χ0v) is 13.1. The van der Waals surface area contributed by atoms with Crippen LogP contribution in [-0.4, -0.2) is 26.0 Å². The van der Waals surface area contributed by atoms with Crippen LogP contribution in [0, 0.1) is 0 Å². The van der Waals surface area contributed by atoms with Gasteiger partial charge in [0, 0.05) is 16.8 Å². The average Bonchev–Trinajstić information content (AvgIpc) is 2.70. The average molecular weight is 353 g/mol. The summed E-state index contributed by atoms with van der Waals surface area (Å²) in [6, 6.07) is 5.51. The largest absolute Gasteiger partial charge is 0.380 e. The smallest absolute Gasteiger partial charge is 0.152 e. The fourth-order valence-corrected chi connectivity index (χ4v) is 4.53. The number of benzene rings is 1. The highest BCUT2D eigenvalue weighted by atomic mass is 79.9. The minimum atomic E-state index is -3.01. The SMILES string of the molecule is CS(=O)(=O)C1CCCC1Nc1ccc(Br)cc1Cl. The molecule has 100 valence electrons. The topological polar surface area (TPSA) is 46.2 Å². The molecule has 1 aliphatic rings. The van der Waals surface area contributed by atoms with Crippen LogP contribution in [-0.2, 0) is 9.84 Å². The van der Waals surface area contributed by atoms with E-state index in [1.807, 2.05) is 12.1 Å². The molecule has 2 unspecified atom stereocenters. The molecule has 0 radical (unpaired) electrons. The molecule has 1 saturated carbocycles. The van der Waals surface area contributed by atoms with Crippen LogP contribution in [0.2, 0.25) is 5.02 Å². The van der Waals surface area contributed by atoms with Crippen molar-refractivity contribution in [3.63, 3.8) is 0 Å².